The smallest absolute Gasteiger partial charge is 0.182 e. The van der Waals surface area contributed by atoms with E-state index in [9.17, 15) is 13.5 Å². The third-order valence-electron chi connectivity index (χ3n) is 3.89. The van der Waals surface area contributed by atoms with Crippen LogP contribution in [-0.4, -0.2) is 32.2 Å². The van der Waals surface area contributed by atoms with Crippen molar-refractivity contribution in [3.8, 4) is 5.75 Å². The maximum Gasteiger partial charge on any atom is 0.182 e. The molecular weight excluding hydrogens is 316 g/mol. The van der Waals surface area contributed by atoms with Gasteiger partial charge in [0.2, 0.25) is 0 Å². The van der Waals surface area contributed by atoms with Crippen molar-refractivity contribution in [1.29, 1.82) is 0 Å². The minimum absolute atomic E-state index is 0.0898. The van der Waals surface area contributed by atoms with Crippen LogP contribution in [0, 0.1) is 6.92 Å². The van der Waals surface area contributed by atoms with Crippen LogP contribution in [0.4, 0.5) is 0 Å². The van der Waals surface area contributed by atoms with Gasteiger partial charge in [-0.1, -0.05) is 13.8 Å². The van der Waals surface area contributed by atoms with Crippen LogP contribution in [0.25, 0.3) is 0 Å². The fourth-order valence-corrected chi connectivity index (χ4v) is 4.39. The SMILES string of the molecule is CCCOc1c(C)cc(C2CCC(O)O2)cc1S(=O)(=O)CCC. The van der Waals surface area contributed by atoms with E-state index in [0.717, 1.165) is 17.5 Å². The van der Waals surface area contributed by atoms with E-state index in [1.807, 2.05) is 26.8 Å². The van der Waals surface area contributed by atoms with Gasteiger partial charge in [-0.05, 0) is 49.4 Å². The summed E-state index contributed by atoms with van der Waals surface area (Å²) < 4.78 is 36.4. The Morgan fingerprint density at radius 1 is 1.26 bits per heavy atom. The summed E-state index contributed by atoms with van der Waals surface area (Å²) in [5, 5.41) is 9.55. The Hall–Kier alpha value is -1.11. The highest BCUT2D eigenvalue weighted by atomic mass is 32.2. The molecule has 130 valence electrons. The molecule has 2 rings (SSSR count). The van der Waals surface area contributed by atoms with Crippen LogP contribution in [-0.2, 0) is 14.6 Å². The first-order valence-electron chi connectivity index (χ1n) is 8.22. The van der Waals surface area contributed by atoms with Crippen molar-refractivity contribution in [3.05, 3.63) is 23.3 Å². The van der Waals surface area contributed by atoms with Crippen molar-refractivity contribution in [2.45, 2.75) is 63.7 Å². The number of aryl methyl sites for hydroxylation is 1. The molecule has 23 heavy (non-hydrogen) atoms. The molecule has 6 heteroatoms. The van der Waals surface area contributed by atoms with Gasteiger partial charge < -0.3 is 14.6 Å². The molecule has 1 N–H and O–H groups in total. The number of benzene rings is 1. The van der Waals surface area contributed by atoms with Gasteiger partial charge in [-0.25, -0.2) is 8.42 Å². The molecule has 0 saturated carbocycles. The molecule has 1 aromatic rings. The second-order valence-electron chi connectivity index (χ2n) is 5.99. The van der Waals surface area contributed by atoms with Crippen molar-refractivity contribution in [1.82, 2.24) is 0 Å². The zero-order valence-corrected chi connectivity index (χ0v) is 14.9. The van der Waals surface area contributed by atoms with Crippen LogP contribution in [0.2, 0.25) is 0 Å². The average molecular weight is 342 g/mol. The Kier molecular flexibility index (Phi) is 6.06. The van der Waals surface area contributed by atoms with Gasteiger partial charge in [0.25, 0.3) is 0 Å². The lowest BCUT2D eigenvalue weighted by molar-refractivity contribution is -0.0914. The van der Waals surface area contributed by atoms with Crippen LogP contribution in [0.15, 0.2) is 17.0 Å². The van der Waals surface area contributed by atoms with E-state index in [4.69, 9.17) is 9.47 Å². The quantitative estimate of drug-likeness (QED) is 0.824. The fraction of sp³-hybridized carbons (Fsp3) is 0.647. The standard InChI is InChI=1S/C17H26O5S/c1-4-8-21-17-12(3)10-13(14-6-7-16(18)22-14)11-15(17)23(19,20)9-5-2/h10-11,14,16,18H,4-9H2,1-3H3. The van der Waals surface area contributed by atoms with E-state index in [2.05, 4.69) is 0 Å². The summed E-state index contributed by atoms with van der Waals surface area (Å²) in [6.07, 6.45) is 1.58. The van der Waals surface area contributed by atoms with Crippen LogP contribution in [0.1, 0.15) is 56.8 Å². The number of hydrogen-bond donors (Lipinski definition) is 1. The maximum absolute atomic E-state index is 12.6. The van der Waals surface area contributed by atoms with Crippen LogP contribution < -0.4 is 4.74 Å². The predicted octanol–water partition coefficient (Wildman–Crippen LogP) is 3.14. The lowest BCUT2D eigenvalue weighted by atomic mass is 10.0. The molecule has 0 amide bonds. The van der Waals surface area contributed by atoms with Crippen LogP contribution in [0.5, 0.6) is 5.75 Å². The lowest BCUT2D eigenvalue weighted by Crippen LogP contribution is -2.12. The molecule has 1 aromatic carbocycles. The van der Waals surface area contributed by atoms with Gasteiger partial charge in [0.1, 0.15) is 10.6 Å². The van der Waals surface area contributed by atoms with Crippen LogP contribution >= 0.6 is 0 Å². The zero-order chi connectivity index (χ0) is 17.0. The van der Waals surface area contributed by atoms with Gasteiger partial charge in [-0.15, -0.1) is 0 Å². The monoisotopic (exact) mass is 342 g/mol. The van der Waals surface area contributed by atoms with E-state index in [0.29, 0.717) is 31.6 Å². The highest BCUT2D eigenvalue weighted by molar-refractivity contribution is 7.91. The highest BCUT2D eigenvalue weighted by Gasteiger charge is 2.28. The molecule has 0 aliphatic carbocycles. The van der Waals surface area contributed by atoms with Gasteiger partial charge in [0, 0.05) is 6.42 Å². The molecule has 0 spiro atoms. The summed E-state index contributed by atoms with van der Waals surface area (Å²) in [4.78, 5) is 0.243. The summed E-state index contributed by atoms with van der Waals surface area (Å²) in [5.74, 6) is 0.537. The number of aliphatic hydroxyl groups is 1. The number of rotatable bonds is 7. The summed E-state index contributed by atoms with van der Waals surface area (Å²) in [7, 11) is -3.40. The minimum Gasteiger partial charge on any atom is -0.492 e. The molecule has 1 aliphatic heterocycles. The van der Waals surface area contributed by atoms with Gasteiger partial charge >= 0.3 is 0 Å². The Morgan fingerprint density at radius 2 is 2.00 bits per heavy atom. The molecule has 5 nitrogen and oxygen atoms in total. The van der Waals surface area contributed by atoms with Gasteiger partial charge in [-0.3, -0.25) is 0 Å². The summed E-state index contributed by atoms with van der Waals surface area (Å²) in [5.41, 5.74) is 1.58. The highest BCUT2D eigenvalue weighted by Crippen LogP contribution is 2.37. The molecule has 1 saturated heterocycles. The van der Waals surface area contributed by atoms with E-state index < -0.39 is 16.1 Å². The topological polar surface area (TPSA) is 72.8 Å². The van der Waals surface area contributed by atoms with E-state index in [1.165, 1.54) is 0 Å². The summed E-state index contributed by atoms with van der Waals surface area (Å²) in [6.45, 7) is 6.16. The number of hydrogen-bond acceptors (Lipinski definition) is 5. The third-order valence-corrected chi connectivity index (χ3v) is 5.81. The van der Waals surface area contributed by atoms with Crippen molar-refractivity contribution in [3.63, 3.8) is 0 Å². The Balaban J connectivity index is 2.47. The second-order valence-corrected chi connectivity index (χ2v) is 8.07. The van der Waals surface area contributed by atoms with E-state index in [-0.39, 0.29) is 16.8 Å². The van der Waals surface area contributed by atoms with Crippen molar-refractivity contribution < 1.29 is 23.0 Å². The van der Waals surface area contributed by atoms with E-state index in [1.54, 1.807) is 6.07 Å². The summed E-state index contributed by atoms with van der Waals surface area (Å²) >= 11 is 0. The van der Waals surface area contributed by atoms with E-state index >= 15 is 0 Å². The lowest BCUT2D eigenvalue weighted by Gasteiger charge is -2.18. The number of aliphatic hydroxyl groups excluding tert-OH is 1. The van der Waals surface area contributed by atoms with Crippen molar-refractivity contribution >= 4 is 9.84 Å². The molecule has 1 fully saturated rings. The third kappa shape index (κ3) is 4.25. The molecule has 2 unspecified atom stereocenters. The van der Waals surface area contributed by atoms with Gasteiger partial charge in [0.15, 0.2) is 16.1 Å². The van der Waals surface area contributed by atoms with Crippen molar-refractivity contribution in [2.75, 3.05) is 12.4 Å². The first-order valence-corrected chi connectivity index (χ1v) is 9.87. The number of sulfone groups is 1. The molecule has 2 atom stereocenters. The number of ether oxygens (including phenoxy) is 2. The average Bonchev–Trinajstić information content (AvgIpc) is 2.92. The van der Waals surface area contributed by atoms with Gasteiger partial charge in [-0.2, -0.15) is 0 Å². The normalized spacial score (nSPS) is 21.6. The molecule has 1 aliphatic rings. The first kappa shape index (κ1) is 18.2. The Bertz CT molecular complexity index is 639. The molecule has 0 bridgehead atoms. The maximum atomic E-state index is 12.6. The molecule has 0 radical (unpaired) electrons. The second kappa shape index (κ2) is 7.64. The summed E-state index contributed by atoms with van der Waals surface area (Å²) in [6, 6.07) is 3.56. The van der Waals surface area contributed by atoms with Crippen LogP contribution in [0.3, 0.4) is 0 Å². The first-order chi connectivity index (χ1) is 10.9. The molecule has 0 aromatic heterocycles. The fourth-order valence-electron chi connectivity index (χ4n) is 2.82. The van der Waals surface area contributed by atoms with Crippen molar-refractivity contribution in [2.24, 2.45) is 0 Å². The molecule has 1 heterocycles. The minimum atomic E-state index is -3.40. The zero-order valence-electron chi connectivity index (χ0n) is 14.0. The predicted molar refractivity (Wildman–Crippen MR) is 88.4 cm³/mol. The van der Waals surface area contributed by atoms with Gasteiger partial charge in [0.05, 0.1) is 18.5 Å². The molecular formula is C17H26O5S. The largest absolute Gasteiger partial charge is 0.492 e. The Labute approximate surface area is 138 Å². The Morgan fingerprint density at radius 3 is 2.57 bits per heavy atom.